The van der Waals surface area contributed by atoms with Crippen LogP contribution in [0.5, 0.6) is 17.2 Å². The highest BCUT2D eigenvalue weighted by atomic mass is 16.6. The van der Waals surface area contributed by atoms with Gasteiger partial charge in [0.15, 0.2) is 11.5 Å². The Morgan fingerprint density at radius 3 is 2.58 bits per heavy atom. The highest BCUT2D eigenvalue weighted by Crippen LogP contribution is 2.32. The molecular weight excluding hydrogens is 418 g/mol. The Hall–Kier alpha value is -4.26. The van der Waals surface area contributed by atoms with Crippen LogP contribution in [0.2, 0.25) is 0 Å². The minimum absolute atomic E-state index is 0.249. The van der Waals surface area contributed by atoms with E-state index in [0.717, 1.165) is 11.3 Å². The molecule has 4 aromatic rings. The number of ether oxygens (including phenoxy) is 3. The molecule has 1 atom stereocenters. The van der Waals surface area contributed by atoms with Crippen molar-refractivity contribution in [3.63, 3.8) is 0 Å². The SMILES string of the molecule is COc1ccccc1-c1nn(-c2ccccc2)cc1C(=O)NCC1COc2ccccc2O1. The number of rotatable bonds is 6. The molecule has 1 aliphatic rings. The lowest BCUT2D eigenvalue weighted by molar-refractivity contribution is 0.0789. The minimum atomic E-state index is -0.289. The van der Waals surface area contributed by atoms with Crippen LogP contribution in [0, 0.1) is 0 Å². The Balaban J connectivity index is 1.41. The average Bonchev–Trinajstić information content (AvgIpc) is 3.33. The molecule has 3 aromatic carbocycles. The minimum Gasteiger partial charge on any atom is -0.496 e. The topological polar surface area (TPSA) is 74.6 Å². The molecule has 1 aliphatic heterocycles. The van der Waals surface area contributed by atoms with E-state index in [0.29, 0.717) is 41.7 Å². The van der Waals surface area contributed by atoms with Crippen LogP contribution in [0.4, 0.5) is 0 Å². The number of carbonyl (C=O) groups is 1. The molecule has 0 saturated heterocycles. The van der Waals surface area contributed by atoms with Gasteiger partial charge in [-0.15, -0.1) is 0 Å². The van der Waals surface area contributed by atoms with Gasteiger partial charge in [-0.2, -0.15) is 5.10 Å². The Morgan fingerprint density at radius 1 is 1.03 bits per heavy atom. The second kappa shape index (κ2) is 9.08. The quantitative estimate of drug-likeness (QED) is 0.487. The smallest absolute Gasteiger partial charge is 0.255 e. The predicted octanol–water partition coefficient (Wildman–Crippen LogP) is 4.12. The van der Waals surface area contributed by atoms with Crippen molar-refractivity contribution in [3.05, 3.63) is 90.6 Å². The molecule has 1 N–H and O–H groups in total. The molecule has 0 aliphatic carbocycles. The predicted molar refractivity (Wildman–Crippen MR) is 124 cm³/mol. The zero-order chi connectivity index (χ0) is 22.6. The average molecular weight is 441 g/mol. The summed E-state index contributed by atoms with van der Waals surface area (Å²) in [6, 6.07) is 24.7. The van der Waals surface area contributed by atoms with Crippen molar-refractivity contribution in [2.24, 2.45) is 0 Å². The molecule has 2 heterocycles. The van der Waals surface area contributed by atoms with E-state index in [-0.39, 0.29) is 12.0 Å². The molecule has 1 amide bonds. The second-order valence-electron chi connectivity index (χ2n) is 7.58. The van der Waals surface area contributed by atoms with Crippen LogP contribution in [0.15, 0.2) is 85.1 Å². The number of nitrogens with zero attached hydrogens (tertiary/aromatic N) is 2. The van der Waals surface area contributed by atoms with Crippen LogP contribution in [0.3, 0.4) is 0 Å². The Morgan fingerprint density at radius 2 is 1.76 bits per heavy atom. The lowest BCUT2D eigenvalue weighted by atomic mass is 10.1. The fourth-order valence-corrected chi connectivity index (χ4v) is 3.76. The molecule has 7 heteroatoms. The van der Waals surface area contributed by atoms with E-state index in [9.17, 15) is 4.79 Å². The summed E-state index contributed by atoms with van der Waals surface area (Å²) in [4.78, 5) is 13.3. The van der Waals surface area contributed by atoms with Gasteiger partial charge in [-0.05, 0) is 36.4 Å². The Kier molecular flexibility index (Phi) is 5.68. The maximum atomic E-state index is 13.3. The second-order valence-corrected chi connectivity index (χ2v) is 7.58. The first-order valence-corrected chi connectivity index (χ1v) is 10.7. The van der Waals surface area contributed by atoms with Gasteiger partial charge >= 0.3 is 0 Å². The monoisotopic (exact) mass is 441 g/mol. The number of nitrogens with one attached hydrogen (secondary N) is 1. The molecule has 0 radical (unpaired) electrons. The molecule has 0 saturated carbocycles. The van der Waals surface area contributed by atoms with E-state index in [4.69, 9.17) is 19.3 Å². The molecule has 0 fully saturated rings. The Labute approximate surface area is 191 Å². The summed E-state index contributed by atoms with van der Waals surface area (Å²) in [7, 11) is 1.60. The third-order valence-corrected chi connectivity index (χ3v) is 5.40. The number of aromatic nitrogens is 2. The summed E-state index contributed by atoms with van der Waals surface area (Å²) in [6.45, 7) is 0.662. The molecule has 33 heavy (non-hydrogen) atoms. The van der Waals surface area contributed by atoms with Gasteiger partial charge in [0, 0.05) is 11.8 Å². The molecule has 7 nitrogen and oxygen atoms in total. The van der Waals surface area contributed by atoms with Crippen molar-refractivity contribution in [3.8, 4) is 34.2 Å². The molecule has 1 aromatic heterocycles. The van der Waals surface area contributed by atoms with Crippen molar-refractivity contribution in [1.29, 1.82) is 0 Å². The first kappa shape index (κ1) is 20.6. The van der Waals surface area contributed by atoms with Gasteiger partial charge < -0.3 is 19.5 Å². The molecule has 5 rings (SSSR count). The summed E-state index contributed by atoms with van der Waals surface area (Å²) >= 11 is 0. The van der Waals surface area contributed by atoms with E-state index < -0.39 is 0 Å². The molecular formula is C26H23N3O4. The number of methoxy groups -OCH3 is 1. The zero-order valence-corrected chi connectivity index (χ0v) is 18.1. The van der Waals surface area contributed by atoms with Crippen LogP contribution in [-0.2, 0) is 0 Å². The molecule has 1 unspecified atom stereocenters. The standard InChI is InChI=1S/C26H23N3O4/c1-31-22-12-6-5-11-20(22)25-21(16-29(28-25)18-9-3-2-4-10-18)26(30)27-15-19-17-32-23-13-7-8-14-24(23)33-19/h2-14,16,19H,15,17H2,1H3,(H,27,30). The van der Waals surface area contributed by atoms with E-state index in [2.05, 4.69) is 5.32 Å². The van der Waals surface area contributed by atoms with E-state index in [1.807, 2.05) is 78.9 Å². The van der Waals surface area contributed by atoms with Crippen molar-refractivity contribution in [2.45, 2.75) is 6.10 Å². The van der Waals surface area contributed by atoms with Crippen molar-refractivity contribution >= 4 is 5.91 Å². The Bertz CT molecular complexity index is 1270. The van der Waals surface area contributed by atoms with Crippen LogP contribution in [0.25, 0.3) is 16.9 Å². The van der Waals surface area contributed by atoms with Crippen LogP contribution < -0.4 is 19.5 Å². The van der Waals surface area contributed by atoms with Gasteiger partial charge in [-0.25, -0.2) is 4.68 Å². The first-order valence-electron chi connectivity index (χ1n) is 10.7. The molecule has 0 bridgehead atoms. The molecule has 166 valence electrons. The van der Waals surface area contributed by atoms with Gasteiger partial charge in [-0.1, -0.05) is 42.5 Å². The van der Waals surface area contributed by atoms with Crippen LogP contribution >= 0.6 is 0 Å². The van der Waals surface area contributed by atoms with E-state index in [1.165, 1.54) is 0 Å². The fourth-order valence-electron chi connectivity index (χ4n) is 3.76. The lowest BCUT2D eigenvalue weighted by Crippen LogP contribution is -2.40. The van der Waals surface area contributed by atoms with Crippen molar-refractivity contribution < 1.29 is 19.0 Å². The summed E-state index contributed by atoms with van der Waals surface area (Å²) in [5.74, 6) is 1.78. The van der Waals surface area contributed by atoms with Gasteiger partial charge in [0.1, 0.15) is 24.2 Å². The van der Waals surface area contributed by atoms with E-state index in [1.54, 1.807) is 18.0 Å². The van der Waals surface area contributed by atoms with Gasteiger partial charge in [0.05, 0.1) is 24.9 Å². The number of amides is 1. The zero-order valence-electron chi connectivity index (χ0n) is 18.1. The highest BCUT2D eigenvalue weighted by molar-refractivity contribution is 6.00. The lowest BCUT2D eigenvalue weighted by Gasteiger charge is -2.26. The summed E-state index contributed by atoms with van der Waals surface area (Å²) in [5.41, 5.74) is 2.58. The summed E-state index contributed by atoms with van der Waals surface area (Å²) < 4.78 is 18.9. The normalized spacial score (nSPS) is 14.5. The number of hydrogen-bond donors (Lipinski definition) is 1. The maximum Gasteiger partial charge on any atom is 0.255 e. The number of para-hydroxylation sites is 4. The van der Waals surface area contributed by atoms with Crippen molar-refractivity contribution in [1.82, 2.24) is 15.1 Å². The number of fused-ring (bicyclic) bond motifs is 1. The maximum absolute atomic E-state index is 13.3. The number of benzene rings is 3. The van der Waals surface area contributed by atoms with Gasteiger partial charge in [0.25, 0.3) is 5.91 Å². The van der Waals surface area contributed by atoms with Crippen LogP contribution in [-0.4, -0.2) is 42.1 Å². The third kappa shape index (κ3) is 4.25. The number of carbonyl (C=O) groups excluding carboxylic acids is 1. The van der Waals surface area contributed by atoms with E-state index >= 15 is 0 Å². The third-order valence-electron chi connectivity index (χ3n) is 5.40. The number of hydrogen-bond acceptors (Lipinski definition) is 5. The largest absolute Gasteiger partial charge is 0.496 e. The molecule has 0 spiro atoms. The fraction of sp³-hybridized carbons (Fsp3) is 0.154. The summed E-state index contributed by atoms with van der Waals surface area (Å²) in [5, 5.41) is 7.70. The summed E-state index contributed by atoms with van der Waals surface area (Å²) in [6.07, 6.45) is 1.45. The van der Waals surface area contributed by atoms with Gasteiger partial charge in [0.2, 0.25) is 0 Å². The highest BCUT2D eigenvalue weighted by Gasteiger charge is 2.24. The van der Waals surface area contributed by atoms with Crippen LogP contribution in [0.1, 0.15) is 10.4 Å². The first-order chi connectivity index (χ1) is 16.2. The van der Waals surface area contributed by atoms with Gasteiger partial charge in [-0.3, -0.25) is 4.79 Å². The van der Waals surface area contributed by atoms with Crippen molar-refractivity contribution in [2.75, 3.05) is 20.3 Å².